The summed E-state index contributed by atoms with van der Waals surface area (Å²) in [5.74, 6) is 0.535. The van der Waals surface area contributed by atoms with Gasteiger partial charge in [-0.15, -0.1) is 0 Å². The third-order valence-corrected chi connectivity index (χ3v) is 4.39. The fraction of sp³-hybridized carbons (Fsp3) is 0.444. The van der Waals surface area contributed by atoms with Gasteiger partial charge in [0, 0.05) is 12.1 Å². The van der Waals surface area contributed by atoms with Crippen LogP contribution in [0.4, 0.5) is 4.79 Å². The van der Waals surface area contributed by atoms with E-state index in [9.17, 15) is 9.90 Å². The molecule has 1 heterocycles. The molecule has 1 aliphatic carbocycles. The third-order valence-electron chi connectivity index (χ3n) is 4.39. The van der Waals surface area contributed by atoms with Gasteiger partial charge in [-0.1, -0.05) is 30.5 Å². The standard InChI is InChI=1S/C18H23N3O3/c1-13-4-6-14(7-5-13)16-21-15(11-24-16)10-19-17(22)20-12-18(23)8-2-3-9-18/h4-7,11,23H,2-3,8-10,12H2,1H3,(H2,19,20,22). The van der Waals surface area contributed by atoms with E-state index in [1.807, 2.05) is 31.2 Å². The van der Waals surface area contributed by atoms with Gasteiger partial charge in [0.05, 0.1) is 17.8 Å². The van der Waals surface area contributed by atoms with E-state index in [4.69, 9.17) is 4.42 Å². The first-order chi connectivity index (χ1) is 11.5. The van der Waals surface area contributed by atoms with Crippen LogP contribution in [0.3, 0.4) is 0 Å². The average molecular weight is 329 g/mol. The number of aromatic nitrogens is 1. The Kier molecular flexibility index (Phi) is 4.85. The molecule has 2 aromatic rings. The van der Waals surface area contributed by atoms with E-state index >= 15 is 0 Å². The molecule has 0 unspecified atom stereocenters. The molecule has 1 fully saturated rings. The van der Waals surface area contributed by atoms with Gasteiger partial charge in [-0.25, -0.2) is 9.78 Å². The maximum Gasteiger partial charge on any atom is 0.315 e. The number of aryl methyl sites for hydroxylation is 1. The largest absolute Gasteiger partial charge is 0.444 e. The van der Waals surface area contributed by atoms with Crippen molar-refractivity contribution in [3.63, 3.8) is 0 Å². The van der Waals surface area contributed by atoms with E-state index < -0.39 is 5.60 Å². The molecule has 0 aliphatic heterocycles. The molecular formula is C18H23N3O3. The molecule has 128 valence electrons. The highest BCUT2D eigenvalue weighted by atomic mass is 16.3. The second-order valence-corrected chi connectivity index (χ2v) is 6.48. The quantitative estimate of drug-likeness (QED) is 0.787. The van der Waals surface area contributed by atoms with E-state index in [1.54, 1.807) is 6.26 Å². The van der Waals surface area contributed by atoms with Crippen LogP contribution in [0.15, 0.2) is 34.9 Å². The van der Waals surface area contributed by atoms with Crippen LogP contribution < -0.4 is 10.6 Å². The number of urea groups is 1. The highest BCUT2D eigenvalue weighted by molar-refractivity contribution is 5.73. The third kappa shape index (κ3) is 4.14. The van der Waals surface area contributed by atoms with Crippen LogP contribution in [0.1, 0.15) is 36.9 Å². The Morgan fingerprint density at radius 1 is 1.25 bits per heavy atom. The van der Waals surface area contributed by atoms with Crippen LogP contribution in [0.5, 0.6) is 0 Å². The Morgan fingerprint density at radius 2 is 1.96 bits per heavy atom. The molecule has 1 saturated carbocycles. The summed E-state index contributed by atoms with van der Waals surface area (Å²) in [5.41, 5.74) is 1.98. The predicted molar refractivity (Wildman–Crippen MR) is 90.3 cm³/mol. The van der Waals surface area contributed by atoms with E-state index in [2.05, 4.69) is 15.6 Å². The molecule has 1 aromatic carbocycles. The minimum atomic E-state index is -0.746. The van der Waals surface area contributed by atoms with Gasteiger partial charge < -0.3 is 20.2 Å². The van der Waals surface area contributed by atoms with Crippen molar-refractivity contribution in [1.29, 1.82) is 0 Å². The van der Waals surface area contributed by atoms with Crippen LogP contribution in [0, 0.1) is 6.92 Å². The summed E-state index contributed by atoms with van der Waals surface area (Å²) < 4.78 is 5.46. The van der Waals surface area contributed by atoms with E-state index in [1.165, 1.54) is 5.56 Å². The van der Waals surface area contributed by atoms with Crippen LogP contribution in [-0.2, 0) is 6.54 Å². The second-order valence-electron chi connectivity index (χ2n) is 6.48. The zero-order valence-electron chi connectivity index (χ0n) is 13.8. The lowest BCUT2D eigenvalue weighted by molar-refractivity contribution is 0.0501. The lowest BCUT2D eigenvalue weighted by Crippen LogP contribution is -2.44. The number of amides is 2. The number of benzene rings is 1. The summed E-state index contributed by atoms with van der Waals surface area (Å²) in [7, 11) is 0. The molecule has 1 aliphatic rings. The van der Waals surface area contributed by atoms with Gasteiger partial charge in [0.1, 0.15) is 6.26 Å². The smallest absolute Gasteiger partial charge is 0.315 e. The van der Waals surface area contributed by atoms with Crippen molar-refractivity contribution < 1.29 is 14.3 Å². The molecule has 0 radical (unpaired) electrons. The molecule has 0 spiro atoms. The van der Waals surface area contributed by atoms with Crippen molar-refractivity contribution in [2.24, 2.45) is 0 Å². The number of carbonyl (C=O) groups excluding carboxylic acids is 1. The topological polar surface area (TPSA) is 87.4 Å². The van der Waals surface area contributed by atoms with Crippen LogP contribution in [0.2, 0.25) is 0 Å². The average Bonchev–Trinajstić information content (AvgIpc) is 3.22. The van der Waals surface area contributed by atoms with Crippen LogP contribution in [-0.4, -0.2) is 28.3 Å². The summed E-state index contributed by atoms with van der Waals surface area (Å²) >= 11 is 0. The molecule has 2 amide bonds. The van der Waals surface area contributed by atoms with Crippen molar-refractivity contribution in [1.82, 2.24) is 15.6 Å². The van der Waals surface area contributed by atoms with Crippen LogP contribution in [0.25, 0.3) is 11.5 Å². The second kappa shape index (κ2) is 7.05. The predicted octanol–water partition coefficient (Wildman–Crippen LogP) is 2.75. The molecule has 0 saturated heterocycles. The Labute approximate surface area is 141 Å². The number of rotatable bonds is 5. The minimum Gasteiger partial charge on any atom is -0.444 e. The molecule has 3 rings (SSSR count). The fourth-order valence-electron chi connectivity index (χ4n) is 2.90. The Balaban J connectivity index is 1.48. The number of aliphatic hydroxyl groups is 1. The molecule has 6 nitrogen and oxygen atoms in total. The van der Waals surface area contributed by atoms with Crippen molar-refractivity contribution >= 4 is 6.03 Å². The van der Waals surface area contributed by atoms with E-state index in [-0.39, 0.29) is 19.1 Å². The first-order valence-electron chi connectivity index (χ1n) is 8.30. The highest BCUT2D eigenvalue weighted by Gasteiger charge is 2.31. The van der Waals surface area contributed by atoms with Crippen molar-refractivity contribution in [3.05, 3.63) is 41.8 Å². The van der Waals surface area contributed by atoms with Crippen molar-refractivity contribution in [2.45, 2.75) is 44.8 Å². The van der Waals surface area contributed by atoms with Crippen LogP contribution >= 0.6 is 0 Å². The highest BCUT2D eigenvalue weighted by Crippen LogP contribution is 2.28. The maximum atomic E-state index is 11.8. The SMILES string of the molecule is Cc1ccc(-c2nc(CNC(=O)NCC3(O)CCCC3)co2)cc1. The normalized spacial score (nSPS) is 16.1. The van der Waals surface area contributed by atoms with Gasteiger partial charge >= 0.3 is 6.03 Å². The number of hydrogen-bond acceptors (Lipinski definition) is 4. The van der Waals surface area contributed by atoms with Crippen molar-refractivity contribution in [3.8, 4) is 11.5 Å². The lowest BCUT2D eigenvalue weighted by atomic mass is 10.0. The summed E-state index contributed by atoms with van der Waals surface area (Å²) in [6.07, 6.45) is 5.06. The minimum absolute atomic E-state index is 0.277. The fourth-order valence-corrected chi connectivity index (χ4v) is 2.90. The van der Waals surface area contributed by atoms with Gasteiger partial charge in [-0.3, -0.25) is 0 Å². The zero-order valence-corrected chi connectivity index (χ0v) is 13.8. The molecule has 3 N–H and O–H groups in total. The summed E-state index contributed by atoms with van der Waals surface area (Å²) in [6, 6.07) is 7.59. The zero-order chi connectivity index (χ0) is 17.0. The number of hydrogen-bond donors (Lipinski definition) is 3. The van der Waals surface area contributed by atoms with Crippen molar-refractivity contribution in [2.75, 3.05) is 6.54 Å². The molecular weight excluding hydrogens is 306 g/mol. The molecule has 0 bridgehead atoms. The monoisotopic (exact) mass is 329 g/mol. The Morgan fingerprint density at radius 3 is 2.67 bits per heavy atom. The first-order valence-corrected chi connectivity index (χ1v) is 8.30. The van der Waals surface area contributed by atoms with E-state index in [0.29, 0.717) is 11.6 Å². The Hall–Kier alpha value is -2.34. The summed E-state index contributed by atoms with van der Waals surface area (Å²) in [4.78, 5) is 16.2. The van der Waals surface area contributed by atoms with E-state index in [0.717, 1.165) is 31.2 Å². The summed E-state index contributed by atoms with van der Waals surface area (Å²) in [6.45, 7) is 2.58. The summed E-state index contributed by atoms with van der Waals surface area (Å²) in [5, 5.41) is 15.7. The van der Waals surface area contributed by atoms with Gasteiger partial charge in [-0.2, -0.15) is 0 Å². The Bertz CT molecular complexity index is 688. The van der Waals surface area contributed by atoms with Gasteiger partial charge in [0.25, 0.3) is 0 Å². The maximum absolute atomic E-state index is 11.8. The number of nitrogens with zero attached hydrogens (tertiary/aromatic N) is 1. The van der Waals surface area contributed by atoms with Gasteiger partial charge in [-0.05, 0) is 31.9 Å². The molecule has 0 atom stereocenters. The van der Waals surface area contributed by atoms with Gasteiger partial charge in [0.2, 0.25) is 5.89 Å². The molecule has 24 heavy (non-hydrogen) atoms. The first kappa shape index (κ1) is 16.5. The molecule has 1 aromatic heterocycles. The lowest BCUT2D eigenvalue weighted by Gasteiger charge is -2.22. The number of carbonyl (C=O) groups is 1. The molecule has 6 heteroatoms. The number of nitrogens with one attached hydrogen (secondary N) is 2. The van der Waals surface area contributed by atoms with Gasteiger partial charge in [0.15, 0.2) is 0 Å². The number of oxazole rings is 1.